The van der Waals surface area contributed by atoms with E-state index in [1.807, 2.05) is 0 Å². The summed E-state index contributed by atoms with van der Waals surface area (Å²) < 4.78 is 69.5. The summed E-state index contributed by atoms with van der Waals surface area (Å²) >= 11 is 0. The summed E-state index contributed by atoms with van der Waals surface area (Å²) in [5.74, 6) is -0.861. The van der Waals surface area contributed by atoms with Crippen molar-refractivity contribution in [3.63, 3.8) is 0 Å². The van der Waals surface area contributed by atoms with Gasteiger partial charge in [-0.25, -0.2) is 23.7 Å². The third-order valence-corrected chi connectivity index (χ3v) is 5.32. The van der Waals surface area contributed by atoms with Gasteiger partial charge in [-0.3, -0.25) is 4.40 Å². The fraction of sp³-hybridized carbons (Fsp3) is 0.421. The molecule has 166 valence electrons. The number of hydrogen-bond donors (Lipinski definition) is 3. The molecule has 0 amide bonds. The van der Waals surface area contributed by atoms with Crippen molar-refractivity contribution in [1.82, 2.24) is 24.7 Å². The second kappa shape index (κ2) is 7.68. The van der Waals surface area contributed by atoms with E-state index in [1.54, 1.807) is 0 Å². The Bertz CT molecular complexity index is 1100. The molecule has 0 saturated carbocycles. The number of alkyl halides is 4. The van der Waals surface area contributed by atoms with Crippen LogP contribution in [0.1, 0.15) is 18.9 Å². The zero-order valence-electron chi connectivity index (χ0n) is 16.3. The first-order valence-corrected chi connectivity index (χ1v) is 9.49. The first kappa shape index (κ1) is 21.4. The fourth-order valence-electron chi connectivity index (χ4n) is 3.36. The summed E-state index contributed by atoms with van der Waals surface area (Å²) in [7, 11) is 0. The van der Waals surface area contributed by atoms with Crippen molar-refractivity contribution in [3.05, 3.63) is 42.1 Å². The van der Waals surface area contributed by atoms with Gasteiger partial charge in [0.1, 0.15) is 17.5 Å². The molecule has 7 nitrogen and oxygen atoms in total. The highest BCUT2D eigenvalue weighted by Crippen LogP contribution is 2.38. The summed E-state index contributed by atoms with van der Waals surface area (Å²) in [6.45, 7) is 1.51. The Hall–Kier alpha value is -2.86. The Kier molecular flexibility index (Phi) is 5.30. The molecule has 1 aliphatic rings. The summed E-state index contributed by atoms with van der Waals surface area (Å²) in [6.07, 6.45) is -2.58. The highest BCUT2D eigenvalue weighted by atomic mass is 19.4. The first-order chi connectivity index (χ1) is 14.6. The average Bonchev–Trinajstić information content (AvgIpc) is 3.13. The molecule has 0 aliphatic carbocycles. The van der Waals surface area contributed by atoms with Gasteiger partial charge < -0.3 is 15.7 Å². The minimum atomic E-state index is -4.92. The number of nitrogens with one attached hydrogen (secondary N) is 2. The van der Waals surface area contributed by atoms with Gasteiger partial charge in [0.05, 0.1) is 24.1 Å². The van der Waals surface area contributed by atoms with Crippen LogP contribution >= 0.6 is 0 Å². The fourth-order valence-corrected chi connectivity index (χ4v) is 3.36. The van der Waals surface area contributed by atoms with Crippen LogP contribution in [-0.2, 0) is 5.60 Å². The van der Waals surface area contributed by atoms with Gasteiger partial charge in [0.25, 0.3) is 0 Å². The van der Waals surface area contributed by atoms with E-state index in [9.17, 15) is 27.1 Å². The van der Waals surface area contributed by atoms with Crippen molar-refractivity contribution in [2.24, 2.45) is 0 Å². The van der Waals surface area contributed by atoms with Crippen LogP contribution in [0.15, 0.2) is 30.7 Å². The molecule has 3 unspecified atom stereocenters. The topological polar surface area (TPSA) is 87.4 Å². The number of hydrogen-bond acceptors (Lipinski definition) is 6. The largest absolute Gasteiger partial charge is 0.421 e. The van der Waals surface area contributed by atoms with Gasteiger partial charge in [0.15, 0.2) is 11.4 Å². The number of pyridine rings is 1. The molecule has 3 atom stereocenters. The second-order valence-corrected chi connectivity index (χ2v) is 7.51. The molecule has 0 bridgehead atoms. The Labute approximate surface area is 173 Å². The summed E-state index contributed by atoms with van der Waals surface area (Å²) in [4.78, 5) is 12.0. The lowest BCUT2D eigenvalue weighted by atomic mass is 9.97. The zero-order chi connectivity index (χ0) is 22.4. The molecule has 0 aromatic carbocycles. The van der Waals surface area contributed by atoms with E-state index >= 15 is 0 Å². The van der Waals surface area contributed by atoms with Gasteiger partial charge >= 0.3 is 6.18 Å². The number of nitrogens with zero attached hydrogens (tertiary/aromatic N) is 4. The molecular weight excluding hydrogens is 423 g/mol. The highest BCUT2D eigenvalue weighted by Gasteiger charge is 2.51. The lowest BCUT2D eigenvalue weighted by Gasteiger charge is -2.27. The number of rotatable bonds is 4. The third kappa shape index (κ3) is 3.92. The molecule has 3 aromatic rings. The van der Waals surface area contributed by atoms with Crippen molar-refractivity contribution in [2.75, 3.05) is 18.4 Å². The monoisotopic (exact) mass is 442 g/mol. The molecule has 0 radical (unpaired) electrons. The van der Waals surface area contributed by atoms with E-state index < -0.39 is 35.4 Å². The molecule has 4 rings (SSSR count). The molecule has 3 aromatic heterocycles. The van der Waals surface area contributed by atoms with Gasteiger partial charge in [-0.15, -0.1) is 0 Å². The molecule has 4 heterocycles. The minimum Gasteiger partial charge on any atom is -0.376 e. The molecule has 1 saturated heterocycles. The molecule has 1 aliphatic heterocycles. The van der Waals surface area contributed by atoms with Gasteiger partial charge in [-0.1, -0.05) is 6.07 Å². The molecule has 31 heavy (non-hydrogen) atoms. The van der Waals surface area contributed by atoms with Crippen LogP contribution in [-0.4, -0.2) is 55.9 Å². The molecule has 0 spiro atoms. The van der Waals surface area contributed by atoms with Crippen molar-refractivity contribution in [3.8, 4) is 11.4 Å². The van der Waals surface area contributed by atoms with Crippen LogP contribution in [0.25, 0.3) is 17.0 Å². The van der Waals surface area contributed by atoms with Crippen LogP contribution in [0.2, 0.25) is 0 Å². The minimum absolute atomic E-state index is 0.0267. The number of aliphatic hydroxyl groups is 1. The van der Waals surface area contributed by atoms with E-state index in [2.05, 4.69) is 25.6 Å². The van der Waals surface area contributed by atoms with E-state index in [4.69, 9.17) is 0 Å². The Morgan fingerprint density at radius 1 is 1.23 bits per heavy atom. The number of halogens is 5. The SMILES string of the molecule is CC(O)(c1ccc2ncc(-c3nc(NC4CNCCC4F)ncc3F)n2c1)C(F)(F)F. The number of anilines is 1. The lowest BCUT2D eigenvalue weighted by Crippen LogP contribution is -2.46. The van der Waals surface area contributed by atoms with E-state index in [0.29, 0.717) is 26.4 Å². The molecular formula is C19H19F5N6O. The number of piperidine rings is 1. The van der Waals surface area contributed by atoms with Crippen molar-refractivity contribution in [2.45, 2.75) is 37.3 Å². The van der Waals surface area contributed by atoms with Crippen LogP contribution in [0.5, 0.6) is 0 Å². The normalized spacial score (nSPS) is 21.8. The summed E-state index contributed by atoms with van der Waals surface area (Å²) in [5, 5.41) is 15.8. The number of aromatic nitrogens is 4. The van der Waals surface area contributed by atoms with Crippen LogP contribution in [0.4, 0.5) is 27.9 Å². The van der Waals surface area contributed by atoms with Gasteiger partial charge in [0.2, 0.25) is 5.95 Å². The maximum Gasteiger partial charge on any atom is 0.421 e. The predicted molar refractivity (Wildman–Crippen MR) is 102 cm³/mol. The maximum atomic E-state index is 14.5. The smallest absolute Gasteiger partial charge is 0.376 e. The third-order valence-electron chi connectivity index (χ3n) is 5.32. The van der Waals surface area contributed by atoms with Crippen LogP contribution < -0.4 is 10.6 Å². The highest BCUT2D eigenvalue weighted by molar-refractivity contribution is 5.62. The van der Waals surface area contributed by atoms with Gasteiger partial charge in [-0.2, -0.15) is 13.2 Å². The number of fused-ring (bicyclic) bond motifs is 1. The average molecular weight is 442 g/mol. The van der Waals surface area contributed by atoms with Crippen LogP contribution in [0, 0.1) is 5.82 Å². The summed E-state index contributed by atoms with van der Waals surface area (Å²) in [6, 6.07) is 1.77. The Balaban J connectivity index is 1.74. The van der Waals surface area contributed by atoms with Crippen molar-refractivity contribution < 1.29 is 27.1 Å². The van der Waals surface area contributed by atoms with Gasteiger partial charge in [-0.05, 0) is 26.0 Å². The zero-order valence-corrected chi connectivity index (χ0v) is 16.3. The Morgan fingerprint density at radius 3 is 2.71 bits per heavy atom. The molecule has 1 fully saturated rings. The lowest BCUT2D eigenvalue weighted by molar-refractivity contribution is -0.259. The molecule has 12 heteroatoms. The van der Waals surface area contributed by atoms with Crippen molar-refractivity contribution in [1.29, 1.82) is 0 Å². The standard InChI is InChI=1S/C19H19F5N6O/c1-18(31,19(22,23)24)10-2-3-15-26-8-14(30(15)9-10)16-12(21)6-27-17(29-16)28-13-7-25-5-4-11(13)20/h2-3,6,8-9,11,13,25,31H,4-5,7H2,1H3,(H,27,28,29). The maximum absolute atomic E-state index is 14.5. The second-order valence-electron chi connectivity index (χ2n) is 7.51. The van der Waals surface area contributed by atoms with E-state index in [-0.39, 0.29) is 23.0 Å². The Morgan fingerprint density at radius 2 is 2.00 bits per heavy atom. The van der Waals surface area contributed by atoms with E-state index in [0.717, 1.165) is 18.5 Å². The molecule has 3 N–H and O–H groups in total. The predicted octanol–water partition coefficient (Wildman–Crippen LogP) is 2.81. The first-order valence-electron chi connectivity index (χ1n) is 9.49. The quantitative estimate of drug-likeness (QED) is 0.539. The van der Waals surface area contributed by atoms with Crippen molar-refractivity contribution >= 4 is 11.6 Å². The summed E-state index contributed by atoms with van der Waals surface area (Å²) in [5.41, 5.74) is -3.52. The number of imidazole rings is 1. The van der Waals surface area contributed by atoms with E-state index in [1.165, 1.54) is 16.7 Å². The van der Waals surface area contributed by atoms with Crippen LogP contribution in [0.3, 0.4) is 0 Å². The van der Waals surface area contributed by atoms with Gasteiger partial charge in [0, 0.05) is 18.3 Å².